The zero-order valence-corrected chi connectivity index (χ0v) is 10.8. The van der Waals surface area contributed by atoms with Crippen LogP contribution in [0.25, 0.3) is 0 Å². The van der Waals surface area contributed by atoms with Gasteiger partial charge in [-0.15, -0.1) is 0 Å². The fourth-order valence-electron chi connectivity index (χ4n) is 2.39. The molecule has 1 amide bonds. The highest BCUT2D eigenvalue weighted by Gasteiger charge is 2.41. The summed E-state index contributed by atoms with van der Waals surface area (Å²) in [5.74, 6) is 2.31. The number of nitrogens with one attached hydrogen (secondary N) is 2. The predicted octanol–water partition coefficient (Wildman–Crippen LogP) is 1.17. The SMILES string of the molecule is CC1(C)CNC(=O)C1NCc1ncc(C2CC2)o1. The average Bonchev–Trinajstić information content (AvgIpc) is 3.01. The maximum Gasteiger partial charge on any atom is 0.237 e. The number of carbonyl (C=O) groups excluding carboxylic acids is 1. The Labute approximate surface area is 106 Å². The van der Waals surface area contributed by atoms with Gasteiger partial charge in [0.1, 0.15) is 5.76 Å². The quantitative estimate of drug-likeness (QED) is 0.840. The Hall–Kier alpha value is -1.36. The van der Waals surface area contributed by atoms with Gasteiger partial charge < -0.3 is 9.73 Å². The number of hydrogen-bond donors (Lipinski definition) is 2. The molecule has 1 saturated carbocycles. The lowest BCUT2D eigenvalue weighted by Gasteiger charge is -2.23. The van der Waals surface area contributed by atoms with E-state index >= 15 is 0 Å². The molecule has 0 spiro atoms. The summed E-state index contributed by atoms with van der Waals surface area (Å²) in [5, 5.41) is 6.12. The number of rotatable bonds is 4. The van der Waals surface area contributed by atoms with Crippen LogP contribution in [0, 0.1) is 5.41 Å². The van der Waals surface area contributed by atoms with Gasteiger partial charge in [0.25, 0.3) is 0 Å². The third-order valence-corrected chi connectivity index (χ3v) is 3.77. The van der Waals surface area contributed by atoms with Crippen LogP contribution in [0.3, 0.4) is 0 Å². The normalized spacial score (nSPS) is 26.3. The molecule has 2 N–H and O–H groups in total. The van der Waals surface area contributed by atoms with E-state index in [9.17, 15) is 4.79 Å². The molecule has 1 atom stereocenters. The van der Waals surface area contributed by atoms with Crippen molar-refractivity contribution in [3.63, 3.8) is 0 Å². The molecule has 1 aliphatic carbocycles. The van der Waals surface area contributed by atoms with E-state index < -0.39 is 0 Å². The minimum absolute atomic E-state index is 0.0639. The maximum atomic E-state index is 11.7. The Morgan fingerprint density at radius 2 is 2.33 bits per heavy atom. The van der Waals surface area contributed by atoms with Crippen molar-refractivity contribution in [2.75, 3.05) is 6.54 Å². The summed E-state index contributed by atoms with van der Waals surface area (Å²) >= 11 is 0. The Kier molecular flexibility index (Phi) is 2.66. The van der Waals surface area contributed by atoms with Crippen LogP contribution in [0.4, 0.5) is 0 Å². The lowest BCUT2D eigenvalue weighted by atomic mass is 9.87. The van der Waals surface area contributed by atoms with Crippen LogP contribution in [-0.2, 0) is 11.3 Å². The van der Waals surface area contributed by atoms with Crippen LogP contribution >= 0.6 is 0 Å². The van der Waals surface area contributed by atoms with Crippen molar-refractivity contribution >= 4 is 5.91 Å². The van der Waals surface area contributed by atoms with Gasteiger partial charge in [-0.2, -0.15) is 0 Å². The van der Waals surface area contributed by atoms with Crippen molar-refractivity contribution in [3.05, 3.63) is 17.8 Å². The molecule has 98 valence electrons. The first kappa shape index (κ1) is 11.7. The molecule has 1 aromatic rings. The summed E-state index contributed by atoms with van der Waals surface area (Å²) in [6, 6.07) is -0.172. The van der Waals surface area contributed by atoms with E-state index in [0.29, 0.717) is 24.9 Å². The Morgan fingerprint density at radius 3 is 2.94 bits per heavy atom. The van der Waals surface area contributed by atoms with Gasteiger partial charge in [-0.1, -0.05) is 13.8 Å². The van der Waals surface area contributed by atoms with Crippen LogP contribution in [0.15, 0.2) is 10.6 Å². The molecule has 3 rings (SSSR count). The molecule has 0 bridgehead atoms. The highest BCUT2D eigenvalue weighted by molar-refractivity contribution is 5.85. The summed E-state index contributed by atoms with van der Waals surface area (Å²) in [7, 11) is 0. The zero-order chi connectivity index (χ0) is 12.8. The summed E-state index contributed by atoms with van der Waals surface area (Å²) in [5.41, 5.74) is -0.0665. The van der Waals surface area contributed by atoms with Crippen LogP contribution < -0.4 is 10.6 Å². The molecular weight excluding hydrogens is 230 g/mol. The largest absolute Gasteiger partial charge is 0.444 e. The van der Waals surface area contributed by atoms with E-state index in [4.69, 9.17) is 4.42 Å². The van der Waals surface area contributed by atoms with Gasteiger partial charge in [0, 0.05) is 17.9 Å². The number of nitrogens with zero attached hydrogens (tertiary/aromatic N) is 1. The van der Waals surface area contributed by atoms with Gasteiger partial charge >= 0.3 is 0 Å². The average molecular weight is 249 g/mol. The van der Waals surface area contributed by atoms with Crippen molar-refractivity contribution in [3.8, 4) is 0 Å². The first-order valence-corrected chi connectivity index (χ1v) is 6.52. The topological polar surface area (TPSA) is 67.2 Å². The van der Waals surface area contributed by atoms with E-state index in [2.05, 4.69) is 29.5 Å². The molecule has 1 unspecified atom stereocenters. The smallest absolute Gasteiger partial charge is 0.237 e. The molecule has 18 heavy (non-hydrogen) atoms. The second-order valence-electron chi connectivity index (χ2n) is 5.95. The third kappa shape index (κ3) is 2.14. The Morgan fingerprint density at radius 1 is 1.56 bits per heavy atom. The lowest BCUT2D eigenvalue weighted by molar-refractivity contribution is -0.121. The molecule has 0 aromatic carbocycles. The molecule has 2 heterocycles. The minimum Gasteiger partial charge on any atom is -0.444 e. The molecular formula is C13H19N3O2. The number of oxazole rings is 1. The monoisotopic (exact) mass is 249 g/mol. The molecule has 2 aliphatic rings. The van der Waals surface area contributed by atoms with Crippen LogP contribution in [0.5, 0.6) is 0 Å². The fraction of sp³-hybridized carbons (Fsp3) is 0.692. The highest BCUT2D eigenvalue weighted by atomic mass is 16.4. The van der Waals surface area contributed by atoms with Crippen molar-refractivity contribution < 1.29 is 9.21 Å². The van der Waals surface area contributed by atoms with Crippen LogP contribution in [-0.4, -0.2) is 23.5 Å². The fourth-order valence-corrected chi connectivity index (χ4v) is 2.39. The maximum absolute atomic E-state index is 11.7. The van der Waals surface area contributed by atoms with E-state index in [1.807, 2.05) is 6.20 Å². The summed E-state index contributed by atoms with van der Waals surface area (Å²) in [4.78, 5) is 16.0. The van der Waals surface area contributed by atoms with Crippen molar-refractivity contribution in [1.82, 2.24) is 15.6 Å². The van der Waals surface area contributed by atoms with Gasteiger partial charge in [-0.05, 0) is 12.8 Å². The minimum atomic E-state index is -0.172. The summed E-state index contributed by atoms with van der Waals surface area (Å²) in [6.45, 7) is 5.37. The summed E-state index contributed by atoms with van der Waals surface area (Å²) < 4.78 is 5.67. The van der Waals surface area contributed by atoms with E-state index in [-0.39, 0.29) is 17.4 Å². The Balaban J connectivity index is 1.61. The predicted molar refractivity (Wildman–Crippen MR) is 65.9 cm³/mol. The van der Waals surface area contributed by atoms with Crippen molar-refractivity contribution in [2.24, 2.45) is 5.41 Å². The molecule has 5 heteroatoms. The van der Waals surface area contributed by atoms with E-state index in [1.165, 1.54) is 12.8 Å². The van der Waals surface area contributed by atoms with Crippen molar-refractivity contribution in [2.45, 2.75) is 45.2 Å². The highest BCUT2D eigenvalue weighted by Crippen LogP contribution is 2.40. The van der Waals surface area contributed by atoms with Gasteiger partial charge in [-0.3, -0.25) is 10.1 Å². The molecule has 1 aromatic heterocycles. The molecule has 1 aliphatic heterocycles. The van der Waals surface area contributed by atoms with Crippen LogP contribution in [0.2, 0.25) is 0 Å². The number of aromatic nitrogens is 1. The molecule has 0 radical (unpaired) electrons. The second-order valence-corrected chi connectivity index (χ2v) is 5.95. The third-order valence-electron chi connectivity index (χ3n) is 3.77. The number of hydrogen-bond acceptors (Lipinski definition) is 4. The van der Waals surface area contributed by atoms with Gasteiger partial charge in [0.05, 0.1) is 18.8 Å². The zero-order valence-electron chi connectivity index (χ0n) is 10.8. The van der Waals surface area contributed by atoms with Gasteiger partial charge in [-0.25, -0.2) is 4.98 Å². The Bertz CT molecular complexity index is 463. The molecule has 1 saturated heterocycles. The second kappa shape index (κ2) is 4.09. The number of carbonyl (C=O) groups is 1. The summed E-state index contributed by atoms with van der Waals surface area (Å²) in [6.07, 6.45) is 4.23. The van der Waals surface area contributed by atoms with Gasteiger partial charge in [0.15, 0.2) is 0 Å². The van der Waals surface area contributed by atoms with Crippen LogP contribution in [0.1, 0.15) is 44.3 Å². The molecule has 5 nitrogen and oxygen atoms in total. The van der Waals surface area contributed by atoms with Crippen molar-refractivity contribution in [1.29, 1.82) is 0 Å². The van der Waals surface area contributed by atoms with E-state index in [1.54, 1.807) is 0 Å². The number of amides is 1. The molecule has 2 fully saturated rings. The first-order valence-electron chi connectivity index (χ1n) is 6.52. The van der Waals surface area contributed by atoms with Gasteiger partial charge in [0.2, 0.25) is 11.8 Å². The first-order chi connectivity index (χ1) is 8.56. The lowest BCUT2D eigenvalue weighted by Crippen LogP contribution is -2.43. The standard InChI is InChI=1S/C13H19N3O2/c1-13(2)7-16-12(17)11(13)15-6-10-14-5-9(18-10)8-3-4-8/h5,8,11,15H,3-4,6-7H2,1-2H3,(H,16,17). The van der Waals surface area contributed by atoms with E-state index in [0.717, 1.165) is 5.76 Å².